The van der Waals surface area contributed by atoms with Crippen LogP contribution in [-0.2, 0) is 0 Å². The molecule has 17 heavy (non-hydrogen) atoms. The summed E-state index contributed by atoms with van der Waals surface area (Å²) < 4.78 is 0. The normalized spacial score (nSPS) is 27.3. The lowest BCUT2D eigenvalue weighted by atomic mass is 9.83. The van der Waals surface area contributed by atoms with E-state index in [2.05, 4.69) is 23.9 Å². The van der Waals surface area contributed by atoms with Crippen molar-refractivity contribution < 1.29 is 0 Å². The molecular weight excluding hydrogens is 230 g/mol. The van der Waals surface area contributed by atoms with Crippen LogP contribution in [0, 0.1) is 0 Å². The number of hydrogen-bond donors (Lipinski definition) is 1. The van der Waals surface area contributed by atoms with Crippen LogP contribution in [0.3, 0.4) is 0 Å². The van der Waals surface area contributed by atoms with Gasteiger partial charge in [-0.25, -0.2) is 4.99 Å². The lowest BCUT2D eigenvalue weighted by Gasteiger charge is -2.39. The van der Waals surface area contributed by atoms with Crippen molar-refractivity contribution in [1.82, 2.24) is 4.90 Å². The molecule has 0 fully saturated rings. The molecule has 1 atom stereocenters. The lowest BCUT2D eigenvalue weighted by molar-refractivity contribution is 0.332. The summed E-state index contributed by atoms with van der Waals surface area (Å²) >= 11 is 4.94. The van der Waals surface area contributed by atoms with Gasteiger partial charge in [0.15, 0.2) is 5.11 Å². The van der Waals surface area contributed by atoms with Gasteiger partial charge in [0, 0.05) is 13.1 Å². The molecule has 0 amide bonds. The third kappa shape index (κ3) is 2.51. The van der Waals surface area contributed by atoms with Crippen LogP contribution in [0.5, 0.6) is 0 Å². The zero-order valence-corrected chi connectivity index (χ0v) is 11.5. The van der Waals surface area contributed by atoms with Gasteiger partial charge in [-0.2, -0.15) is 0 Å². The third-order valence-corrected chi connectivity index (χ3v) is 3.99. The molecule has 0 saturated carbocycles. The van der Waals surface area contributed by atoms with Crippen molar-refractivity contribution in [2.75, 3.05) is 7.05 Å². The Morgan fingerprint density at radius 2 is 2.18 bits per heavy atom. The van der Waals surface area contributed by atoms with Crippen LogP contribution in [0.2, 0.25) is 0 Å². The Morgan fingerprint density at radius 1 is 1.47 bits per heavy atom. The van der Waals surface area contributed by atoms with Crippen LogP contribution in [0.15, 0.2) is 16.1 Å². The zero-order chi connectivity index (χ0) is 12.4. The van der Waals surface area contributed by atoms with Crippen molar-refractivity contribution in [2.45, 2.75) is 51.5 Å². The minimum absolute atomic E-state index is 0.251. The summed E-state index contributed by atoms with van der Waals surface area (Å²) in [6.07, 6.45) is 7.29. The Labute approximate surface area is 109 Å². The monoisotopic (exact) mass is 251 g/mol. The Morgan fingerprint density at radius 3 is 2.82 bits per heavy atom. The van der Waals surface area contributed by atoms with Crippen molar-refractivity contribution >= 4 is 23.2 Å². The topological polar surface area (TPSA) is 41.6 Å². The van der Waals surface area contributed by atoms with Crippen molar-refractivity contribution in [2.24, 2.45) is 10.7 Å². The molecule has 1 aliphatic heterocycles. The predicted molar refractivity (Wildman–Crippen MR) is 76.2 cm³/mol. The summed E-state index contributed by atoms with van der Waals surface area (Å²) in [5.74, 6) is 1.03. The lowest BCUT2D eigenvalue weighted by Crippen LogP contribution is -2.43. The van der Waals surface area contributed by atoms with Crippen LogP contribution >= 0.6 is 12.2 Å². The van der Waals surface area contributed by atoms with E-state index in [1.54, 1.807) is 5.57 Å². The number of thiocarbonyl (C=S) groups is 1. The molecule has 2 N–H and O–H groups in total. The van der Waals surface area contributed by atoms with Crippen LogP contribution in [0.1, 0.15) is 45.4 Å². The number of nitrogens with two attached hydrogens (primary N) is 1. The number of amidine groups is 1. The smallest absolute Gasteiger partial charge is 0.192 e. The van der Waals surface area contributed by atoms with Gasteiger partial charge < -0.3 is 10.6 Å². The van der Waals surface area contributed by atoms with E-state index in [-0.39, 0.29) is 5.11 Å². The summed E-state index contributed by atoms with van der Waals surface area (Å²) in [6.45, 7) is 2.23. The number of nitrogens with zero attached hydrogens (tertiary/aromatic N) is 2. The Bertz CT molecular complexity index is 384. The first-order chi connectivity index (χ1) is 8.13. The summed E-state index contributed by atoms with van der Waals surface area (Å²) in [7, 11) is 2.11. The molecule has 4 heteroatoms. The van der Waals surface area contributed by atoms with E-state index in [4.69, 9.17) is 18.0 Å². The summed E-state index contributed by atoms with van der Waals surface area (Å²) in [6, 6.07) is 0.556. The fourth-order valence-corrected chi connectivity index (χ4v) is 3.03. The summed E-state index contributed by atoms with van der Waals surface area (Å²) in [5.41, 5.74) is 8.60. The van der Waals surface area contributed by atoms with Crippen LogP contribution in [0.4, 0.5) is 0 Å². The second-order valence-corrected chi connectivity index (χ2v) is 5.36. The number of aliphatic imine (C=N–C) groups is 1. The Hall–Kier alpha value is -0.900. The third-order valence-electron chi connectivity index (χ3n) is 3.90. The maximum Gasteiger partial charge on any atom is 0.192 e. The Kier molecular flexibility index (Phi) is 3.82. The highest BCUT2D eigenvalue weighted by atomic mass is 32.1. The first-order valence-corrected chi connectivity index (χ1v) is 6.86. The first-order valence-electron chi connectivity index (χ1n) is 6.45. The minimum Gasteiger partial charge on any atom is -0.374 e. The largest absolute Gasteiger partial charge is 0.374 e. The molecule has 2 aliphatic rings. The van der Waals surface area contributed by atoms with Gasteiger partial charge >= 0.3 is 0 Å². The molecule has 3 nitrogen and oxygen atoms in total. The van der Waals surface area contributed by atoms with E-state index < -0.39 is 0 Å². The highest BCUT2D eigenvalue weighted by molar-refractivity contribution is 7.80. The molecule has 94 valence electrons. The van der Waals surface area contributed by atoms with E-state index >= 15 is 0 Å². The standard InChI is InChI=1S/C13H21N3S/c1-3-10-8-9-6-4-5-7-11(9)12(16(10)2)15-13(14)17/h10H,3-8H2,1-2H3,(H2,14,17). The molecule has 0 aromatic heterocycles. The molecule has 0 saturated heterocycles. The van der Waals surface area contributed by atoms with Crippen molar-refractivity contribution in [3.05, 3.63) is 11.1 Å². The van der Waals surface area contributed by atoms with Gasteiger partial charge in [0.2, 0.25) is 0 Å². The Balaban J connectivity index is 2.40. The van der Waals surface area contributed by atoms with E-state index in [0.717, 1.165) is 18.7 Å². The van der Waals surface area contributed by atoms with Gasteiger partial charge in [-0.1, -0.05) is 12.5 Å². The molecule has 0 bridgehead atoms. The fourth-order valence-electron chi connectivity index (χ4n) is 2.94. The SMILES string of the molecule is CCC1CC2=C(CCCC2)C(=NC(N)=S)N1C. The van der Waals surface area contributed by atoms with Crippen molar-refractivity contribution in [3.63, 3.8) is 0 Å². The molecule has 0 aromatic rings. The maximum atomic E-state index is 5.59. The zero-order valence-electron chi connectivity index (χ0n) is 10.7. The molecule has 0 aromatic carbocycles. The summed E-state index contributed by atoms with van der Waals surface area (Å²) in [5, 5.41) is 0.251. The van der Waals surface area contributed by atoms with Gasteiger partial charge in [-0.15, -0.1) is 0 Å². The highest BCUT2D eigenvalue weighted by Gasteiger charge is 2.30. The average Bonchev–Trinajstić information content (AvgIpc) is 2.32. The quantitative estimate of drug-likeness (QED) is 0.728. The summed E-state index contributed by atoms with van der Waals surface area (Å²) in [4.78, 5) is 6.66. The molecule has 1 aliphatic carbocycles. The number of hydrogen-bond acceptors (Lipinski definition) is 1. The number of rotatable bonds is 1. The van der Waals surface area contributed by atoms with Gasteiger partial charge in [0.1, 0.15) is 5.84 Å². The van der Waals surface area contributed by atoms with E-state index in [1.165, 1.54) is 31.3 Å². The van der Waals surface area contributed by atoms with E-state index in [0.29, 0.717) is 6.04 Å². The predicted octanol–water partition coefficient (Wildman–Crippen LogP) is 2.61. The van der Waals surface area contributed by atoms with Crippen LogP contribution in [-0.4, -0.2) is 28.9 Å². The molecule has 2 rings (SSSR count). The first kappa shape index (κ1) is 12.6. The molecule has 0 spiro atoms. The fraction of sp³-hybridized carbons (Fsp3) is 0.692. The van der Waals surface area contributed by atoms with Gasteiger partial charge in [0.25, 0.3) is 0 Å². The molecule has 0 radical (unpaired) electrons. The molecule has 1 heterocycles. The highest BCUT2D eigenvalue weighted by Crippen LogP contribution is 2.35. The van der Waals surface area contributed by atoms with Gasteiger partial charge in [0.05, 0.1) is 0 Å². The molecule has 1 unspecified atom stereocenters. The van der Waals surface area contributed by atoms with Gasteiger partial charge in [-0.05, 0) is 56.3 Å². The van der Waals surface area contributed by atoms with E-state index in [9.17, 15) is 0 Å². The van der Waals surface area contributed by atoms with Crippen molar-refractivity contribution in [3.8, 4) is 0 Å². The van der Waals surface area contributed by atoms with Crippen LogP contribution < -0.4 is 5.73 Å². The average molecular weight is 251 g/mol. The minimum atomic E-state index is 0.251. The molecular formula is C13H21N3S. The second-order valence-electron chi connectivity index (χ2n) is 4.94. The number of likely N-dealkylation sites (N-methyl/N-ethyl adjacent to an activating group) is 1. The van der Waals surface area contributed by atoms with Crippen LogP contribution in [0.25, 0.3) is 0 Å². The second kappa shape index (κ2) is 5.17. The van der Waals surface area contributed by atoms with Crippen molar-refractivity contribution in [1.29, 1.82) is 0 Å². The van der Waals surface area contributed by atoms with E-state index in [1.807, 2.05) is 0 Å². The van der Waals surface area contributed by atoms with Gasteiger partial charge in [-0.3, -0.25) is 0 Å². The maximum absolute atomic E-state index is 5.59.